The molecule has 0 aromatic carbocycles. The quantitative estimate of drug-likeness (QED) is 0.560. The number of primary amides is 1. The summed E-state index contributed by atoms with van der Waals surface area (Å²) >= 11 is 0. The van der Waals surface area contributed by atoms with Gasteiger partial charge in [0.15, 0.2) is 0 Å². The van der Waals surface area contributed by atoms with E-state index in [-0.39, 0.29) is 25.0 Å². The van der Waals surface area contributed by atoms with Crippen LogP contribution in [-0.2, 0) is 19.1 Å². The first-order valence-corrected chi connectivity index (χ1v) is 7.53. The first-order valence-electron chi connectivity index (χ1n) is 7.53. The van der Waals surface area contributed by atoms with Crippen LogP contribution in [0.15, 0.2) is 12.2 Å². The van der Waals surface area contributed by atoms with E-state index < -0.39 is 17.3 Å². The van der Waals surface area contributed by atoms with Crippen LogP contribution in [0, 0.1) is 5.41 Å². The minimum atomic E-state index is -1.32. The van der Waals surface area contributed by atoms with E-state index in [9.17, 15) is 19.5 Å². The van der Waals surface area contributed by atoms with E-state index in [4.69, 9.17) is 10.5 Å². The van der Waals surface area contributed by atoms with Crippen LogP contribution in [0.1, 0.15) is 32.1 Å². The summed E-state index contributed by atoms with van der Waals surface area (Å²) in [4.78, 5) is 36.6. The lowest BCUT2D eigenvalue weighted by Crippen LogP contribution is -2.52. The zero-order valence-electron chi connectivity index (χ0n) is 12.5. The lowest BCUT2D eigenvalue weighted by atomic mass is 9.75. The van der Waals surface area contributed by atoms with Gasteiger partial charge in [-0.2, -0.15) is 0 Å². The molecule has 22 heavy (non-hydrogen) atoms. The summed E-state index contributed by atoms with van der Waals surface area (Å²) < 4.78 is 5.35. The average Bonchev–Trinajstić information content (AvgIpc) is 2.53. The Hall–Kier alpha value is -1.89. The number of amides is 2. The minimum absolute atomic E-state index is 0.108. The highest BCUT2D eigenvalue weighted by atomic mass is 16.5. The van der Waals surface area contributed by atoms with Crippen molar-refractivity contribution in [1.82, 2.24) is 4.90 Å². The normalized spacial score (nSPS) is 25.9. The van der Waals surface area contributed by atoms with Crippen molar-refractivity contribution in [2.24, 2.45) is 11.1 Å². The topological polar surface area (TPSA) is 110 Å². The number of carboxylic acids is 1. The highest BCUT2D eigenvalue weighted by Gasteiger charge is 2.48. The molecule has 0 aromatic heterocycles. The molecular weight excluding hydrogens is 288 g/mol. The number of hydrogen-bond donors (Lipinski definition) is 2. The predicted octanol–water partition coefficient (Wildman–Crippen LogP) is 0.290. The molecule has 0 bridgehead atoms. The SMILES string of the molecule is NC(=O)COC1CCN(C(=O)C2(C(=O)O)CC=CCC2)CC1. The van der Waals surface area contributed by atoms with Crippen LogP contribution in [0.2, 0.25) is 0 Å². The third-order valence-electron chi connectivity index (χ3n) is 4.38. The zero-order valence-corrected chi connectivity index (χ0v) is 12.5. The lowest BCUT2D eigenvalue weighted by molar-refractivity contribution is -0.163. The monoisotopic (exact) mass is 310 g/mol. The van der Waals surface area contributed by atoms with E-state index in [1.807, 2.05) is 6.08 Å². The number of aliphatic carboxylic acids is 1. The molecule has 7 heteroatoms. The van der Waals surface area contributed by atoms with Crippen LogP contribution in [0.5, 0.6) is 0 Å². The molecule has 1 fully saturated rings. The van der Waals surface area contributed by atoms with Gasteiger partial charge in [-0.15, -0.1) is 0 Å². The Morgan fingerprint density at radius 1 is 1.27 bits per heavy atom. The highest BCUT2D eigenvalue weighted by molar-refractivity contribution is 6.02. The zero-order chi connectivity index (χ0) is 16.2. The first kappa shape index (κ1) is 16.5. The van der Waals surface area contributed by atoms with Crippen LogP contribution in [0.3, 0.4) is 0 Å². The van der Waals surface area contributed by atoms with Gasteiger partial charge in [0.25, 0.3) is 0 Å². The van der Waals surface area contributed by atoms with Crippen LogP contribution >= 0.6 is 0 Å². The Labute approximate surface area is 129 Å². The van der Waals surface area contributed by atoms with Crippen LogP contribution in [-0.4, -0.2) is 53.6 Å². The molecular formula is C15H22N2O5. The molecule has 122 valence electrons. The molecule has 0 saturated carbocycles. The number of nitrogens with zero attached hydrogens (tertiary/aromatic N) is 1. The van der Waals surface area contributed by atoms with Crippen LogP contribution < -0.4 is 5.73 Å². The maximum absolute atomic E-state index is 12.7. The molecule has 2 amide bonds. The summed E-state index contributed by atoms with van der Waals surface area (Å²) in [5, 5.41) is 9.53. The number of ether oxygens (including phenoxy) is 1. The number of allylic oxidation sites excluding steroid dienone is 2. The molecule has 0 radical (unpaired) electrons. The summed E-state index contributed by atoms with van der Waals surface area (Å²) in [6.07, 6.45) is 5.96. The van der Waals surface area contributed by atoms with Gasteiger partial charge in [0.2, 0.25) is 11.8 Å². The number of nitrogens with two attached hydrogens (primary N) is 1. The summed E-state index contributed by atoms with van der Waals surface area (Å²) in [6, 6.07) is 0. The summed E-state index contributed by atoms with van der Waals surface area (Å²) in [5.41, 5.74) is 3.71. The van der Waals surface area contributed by atoms with Gasteiger partial charge >= 0.3 is 5.97 Å². The number of likely N-dealkylation sites (tertiary alicyclic amines) is 1. The number of carboxylic acid groups (broad SMARTS) is 1. The second kappa shape index (κ2) is 6.91. The molecule has 2 aliphatic rings. The van der Waals surface area contributed by atoms with Crippen molar-refractivity contribution in [2.75, 3.05) is 19.7 Å². The second-order valence-electron chi connectivity index (χ2n) is 5.87. The summed E-state index contributed by atoms with van der Waals surface area (Å²) in [7, 11) is 0. The molecule has 1 aliphatic carbocycles. The summed E-state index contributed by atoms with van der Waals surface area (Å²) in [5.74, 6) is -1.87. The fraction of sp³-hybridized carbons (Fsp3) is 0.667. The van der Waals surface area contributed by atoms with Gasteiger partial charge in [0, 0.05) is 13.1 Å². The number of rotatable bonds is 5. The number of piperidine rings is 1. The molecule has 1 heterocycles. The van der Waals surface area contributed by atoms with E-state index in [1.54, 1.807) is 11.0 Å². The average molecular weight is 310 g/mol. The van der Waals surface area contributed by atoms with Gasteiger partial charge in [-0.1, -0.05) is 12.2 Å². The van der Waals surface area contributed by atoms with Crippen LogP contribution in [0.25, 0.3) is 0 Å². The Morgan fingerprint density at radius 3 is 2.45 bits per heavy atom. The van der Waals surface area contributed by atoms with Crippen molar-refractivity contribution in [3.63, 3.8) is 0 Å². The van der Waals surface area contributed by atoms with Crippen LogP contribution in [0.4, 0.5) is 0 Å². The molecule has 1 unspecified atom stereocenters. The van der Waals surface area contributed by atoms with Crippen molar-refractivity contribution >= 4 is 17.8 Å². The van der Waals surface area contributed by atoms with E-state index >= 15 is 0 Å². The molecule has 2 rings (SSSR count). The van der Waals surface area contributed by atoms with Gasteiger partial charge in [-0.05, 0) is 32.1 Å². The van der Waals surface area contributed by atoms with E-state index in [0.717, 1.165) is 0 Å². The standard InChI is InChI=1S/C15H22N2O5/c16-12(18)10-22-11-4-8-17(9-5-11)13(19)15(14(20)21)6-2-1-3-7-15/h1-2,11H,3-10H2,(H2,16,18)(H,20,21). The second-order valence-corrected chi connectivity index (χ2v) is 5.87. The molecule has 0 aromatic rings. The minimum Gasteiger partial charge on any atom is -0.480 e. The van der Waals surface area contributed by atoms with E-state index in [0.29, 0.717) is 38.8 Å². The van der Waals surface area contributed by atoms with Gasteiger partial charge in [0.05, 0.1) is 6.10 Å². The molecule has 7 nitrogen and oxygen atoms in total. The molecule has 3 N–H and O–H groups in total. The third-order valence-corrected chi connectivity index (χ3v) is 4.38. The number of hydrogen-bond acceptors (Lipinski definition) is 4. The molecule has 1 atom stereocenters. The predicted molar refractivity (Wildman–Crippen MR) is 77.8 cm³/mol. The van der Waals surface area contributed by atoms with Crippen molar-refractivity contribution in [1.29, 1.82) is 0 Å². The van der Waals surface area contributed by atoms with Crippen molar-refractivity contribution in [3.8, 4) is 0 Å². The van der Waals surface area contributed by atoms with Crippen molar-refractivity contribution in [2.45, 2.75) is 38.2 Å². The third kappa shape index (κ3) is 3.47. The summed E-state index contributed by atoms with van der Waals surface area (Å²) in [6.45, 7) is 0.768. The first-order chi connectivity index (χ1) is 10.5. The largest absolute Gasteiger partial charge is 0.480 e. The fourth-order valence-electron chi connectivity index (χ4n) is 3.04. The molecule has 1 aliphatic heterocycles. The lowest BCUT2D eigenvalue weighted by Gasteiger charge is -2.38. The van der Waals surface area contributed by atoms with Crippen molar-refractivity contribution < 1.29 is 24.2 Å². The van der Waals surface area contributed by atoms with E-state index in [2.05, 4.69) is 0 Å². The van der Waals surface area contributed by atoms with Gasteiger partial charge in [-0.3, -0.25) is 14.4 Å². The molecule has 0 spiro atoms. The number of carbonyl (C=O) groups excluding carboxylic acids is 2. The smallest absolute Gasteiger partial charge is 0.319 e. The Kier molecular flexibility index (Phi) is 5.18. The van der Waals surface area contributed by atoms with Gasteiger partial charge in [0.1, 0.15) is 12.0 Å². The van der Waals surface area contributed by atoms with E-state index in [1.165, 1.54) is 0 Å². The van der Waals surface area contributed by atoms with Gasteiger partial charge < -0.3 is 20.5 Å². The maximum Gasteiger partial charge on any atom is 0.319 e. The maximum atomic E-state index is 12.7. The Morgan fingerprint density at radius 2 is 1.95 bits per heavy atom. The fourth-order valence-corrected chi connectivity index (χ4v) is 3.04. The Balaban J connectivity index is 1.95. The van der Waals surface area contributed by atoms with Gasteiger partial charge in [-0.25, -0.2) is 0 Å². The molecule has 1 saturated heterocycles. The highest BCUT2D eigenvalue weighted by Crippen LogP contribution is 2.36. The Bertz CT molecular complexity index is 482. The number of carbonyl (C=O) groups is 3. The van der Waals surface area contributed by atoms with Crippen molar-refractivity contribution in [3.05, 3.63) is 12.2 Å².